The highest BCUT2D eigenvalue weighted by molar-refractivity contribution is 5.76. The summed E-state index contributed by atoms with van der Waals surface area (Å²) in [7, 11) is 6.94. The Labute approximate surface area is 258 Å². The highest BCUT2D eigenvalue weighted by atomic mass is 79.9. The molecule has 0 unspecified atom stereocenters. The van der Waals surface area contributed by atoms with Gasteiger partial charge in [-0.05, 0) is 24.0 Å². The first-order chi connectivity index (χ1) is 17.9. The van der Waals surface area contributed by atoms with E-state index >= 15 is 0 Å². The second-order valence-electron chi connectivity index (χ2n) is 10.5. The number of hydrogen-bond donors (Lipinski definition) is 2. The molecular weight excluding hydrogens is 654 g/mol. The smallest absolute Gasteiger partial charge is 0.323 e. The molecule has 0 radical (unpaired) electrons. The van der Waals surface area contributed by atoms with Crippen molar-refractivity contribution < 1.29 is 70.8 Å². The van der Waals surface area contributed by atoms with Crippen LogP contribution >= 0.6 is 0 Å². The highest BCUT2D eigenvalue weighted by Crippen LogP contribution is 2.05. The number of esters is 2. The van der Waals surface area contributed by atoms with Gasteiger partial charge in [0, 0.05) is 0 Å². The summed E-state index contributed by atoms with van der Waals surface area (Å²) in [6.45, 7) is 0.234. The Bertz CT molecular complexity index is 880. The Kier molecular flexibility index (Phi) is 20.9. The van der Waals surface area contributed by atoms with Gasteiger partial charge in [0.2, 0.25) is 13.6 Å². The molecule has 0 saturated carbocycles. The van der Waals surface area contributed by atoms with Gasteiger partial charge in [0.25, 0.3) is 0 Å². The second kappa shape index (κ2) is 20.8. The van der Waals surface area contributed by atoms with Crippen molar-refractivity contribution in [3.05, 3.63) is 71.8 Å². The quantitative estimate of drug-likeness (QED) is 0.119. The summed E-state index contributed by atoms with van der Waals surface area (Å²) >= 11 is 0. The predicted molar refractivity (Wildman–Crippen MR) is 144 cm³/mol. The number of halogens is 4. The first kappa shape index (κ1) is 40.2. The number of carbonyl (C=O) groups is 2. The summed E-state index contributed by atoms with van der Waals surface area (Å²) in [4.78, 5) is 23.3. The maximum absolute atomic E-state index is 12.5. The number of nitrogens with two attached hydrogens (primary N) is 2. The van der Waals surface area contributed by atoms with Crippen molar-refractivity contribution in [2.45, 2.75) is 24.9 Å². The van der Waals surface area contributed by atoms with Crippen molar-refractivity contribution >= 4 is 11.9 Å². The SMILES string of the molecule is C[N+](C)(CF)CCOC(=O)[C@@H](N)Cc1ccccc1.C[N+](C)(CF)CCOC(=O)[C@@H](N)Cc1ccccc1.[Br-].[Br-]. The number of ether oxygens (including phenoxy) is 2. The van der Waals surface area contributed by atoms with Gasteiger partial charge in [-0.25, -0.2) is 0 Å². The lowest BCUT2D eigenvalue weighted by molar-refractivity contribution is -0.902. The Morgan fingerprint density at radius 3 is 1.25 bits per heavy atom. The van der Waals surface area contributed by atoms with E-state index in [-0.39, 0.29) is 56.1 Å². The second-order valence-corrected chi connectivity index (χ2v) is 10.5. The molecule has 2 aromatic carbocycles. The molecule has 40 heavy (non-hydrogen) atoms. The Morgan fingerprint density at radius 2 is 0.975 bits per heavy atom. The number of alkyl halides is 2. The Balaban J connectivity index is 0. The summed E-state index contributed by atoms with van der Waals surface area (Å²) in [5.41, 5.74) is 13.5. The van der Waals surface area contributed by atoms with E-state index in [0.717, 1.165) is 11.1 Å². The minimum absolute atomic E-state index is 0. The minimum Gasteiger partial charge on any atom is -1.00 e. The summed E-state index contributed by atoms with van der Waals surface area (Å²) in [5.74, 6) is -0.884. The highest BCUT2D eigenvalue weighted by Gasteiger charge is 2.20. The molecule has 2 atom stereocenters. The third-order valence-corrected chi connectivity index (χ3v) is 5.73. The molecule has 0 aromatic heterocycles. The van der Waals surface area contributed by atoms with E-state index in [1.807, 2.05) is 60.7 Å². The van der Waals surface area contributed by atoms with Crippen LogP contribution in [-0.4, -0.2) is 101 Å². The fraction of sp³-hybridized carbons (Fsp3) is 0.500. The van der Waals surface area contributed by atoms with Crippen molar-refractivity contribution in [2.75, 3.05) is 68.1 Å². The molecule has 0 aliphatic carbocycles. The van der Waals surface area contributed by atoms with Gasteiger partial charge in [0.1, 0.15) is 38.4 Å². The molecule has 0 fully saturated rings. The van der Waals surface area contributed by atoms with Crippen LogP contribution in [0.25, 0.3) is 0 Å². The third-order valence-electron chi connectivity index (χ3n) is 5.73. The monoisotopic (exact) mass is 696 g/mol. The van der Waals surface area contributed by atoms with Crippen LogP contribution in [0.3, 0.4) is 0 Å². The van der Waals surface area contributed by atoms with Gasteiger partial charge < -0.3 is 54.9 Å². The zero-order valence-corrected chi connectivity index (χ0v) is 27.0. The molecule has 0 aliphatic heterocycles. The van der Waals surface area contributed by atoms with Gasteiger partial charge in [0.15, 0.2) is 0 Å². The Hall–Kier alpha value is -1.96. The van der Waals surface area contributed by atoms with Gasteiger partial charge in [0.05, 0.1) is 28.2 Å². The van der Waals surface area contributed by atoms with Crippen LogP contribution in [0.2, 0.25) is 0 Å². The average molecular weight is 698 g/mol. The van der Waals surface area contributed by atoms with E-state index in [4.69, 9.17) is 20.9 Å². The zero-order chi connectivity index (χ0) is 28.6. The molecule has 4 N–H and O–H groups in total. The van der Waals surface area contributed by atoms with Crippen LogP contribution in [0.5, 0.6) is 0 Å². The first-order valence-electron chi connectivity index (χ1n) is 12.6. The molecule has 8 nitrogen and oxygen atoms in total. The molecule has 12 heteroatoms. The summed E-state index contributed by atoms with van der Waals surface area (Å²) in [6, 6.07) is 17.7. The lowest BCUT2D eigenvalue weighted by atomic mass is 10.1. The molecule has 0 bridgehead atoms. The van der Waals surface area contributed by atoms with Crippen LogP contribution in [-0.2, 0) is 31.9 Å². The number of quaternary nitrogens is 2. The molecule has 2 aromatic rings. The van der Waals surface area contributed by atoms with Gasteiger partial charge in [-0.15, -0.1) is 0 Å². The van der Waals surface area contributed by atoms with Crippen molar-refractivity contribution in [2.24, 2.45) is 11.5 Å². The van der Waals surface area contributed by atoms with Gasteiger partial charge in [-0.3, -0.25) is 18.6 Å². The summed E-state index contributed by atoms with van der Waals surface area (Å²) in [5, 5.41) is 0. The predicted octanol–water partition coefficient (Wildman–Crippen LogP) is -3.79. The number of likely N-dealkylation sites (N-methyl/N-ethyl adjacent to an activating group) is 2. The summed E-state index contributed by atoms with van der Waals surface area (Å²) in [6.07, 6.45) is 0.891. The molecule has 2 rings (SSSR count). The van der Waals surface area contributed by atoms with Crippen LogP contribution in [0.4, 0.5) is 8.78 Å². The van der Waals surface area contributed by atoms with E-state index < -0.39 is 37.6 Å². The van der Waals surface area contributed by atoms with Gasteiger partial charge in [-0.2, -0.15) is 8.78 Å². The molecule has 0 amide bonds. The molecule has 0 heterocycles. The van der Waals surface area contributed by atoms with Crippen molar-refractivity contribution in [3.8, 4) is 0 Å². The maximum Gasteiger partial charge on any atom is 0.323 e. The zero-order valence-electron chi connectivity index (χ0n) is 23.8. The fourth-order valence-corrected chi connectivity index (χ4v) is 3.02. The normalized spacial score (nSPS) is 12.4. The molecular formula is C28H44Br2F2N4O4. The van der Waals surface area contributed by atoms with Crippen LogP contribution in [0.15, 0.2) is 60.7 Å². The van der Waals surface area contributed by atoms with E-state index in [2.05, 4.69) is 0 Å². The third kappa shape index (κ3) is 17.7. The summed E-state index contributed by atoms with van der Waals surface area (Å²) < 4.78 is 35.6. The minimum atomic E-state index is -0.677. The van der Waals surface area contributed by atoms with Crippen LogP contribution < -0.4 is 45.4 Å². The van der Waals surface area contributed by atoms with Crippen LogP contribution in [0, 0.1) is 0 Å². The first-order valence-corrected chi connectivity index (χ1v) is 12.6. The number of nitrogens with zero attached hydrogens (tertiary/aromatic N) is 2. The lowest BCUT2D eigenvalue weighted by Gasteiger charge is -2.25. The molecule has 0 aliphatic rings. The molecule has 0 saturated heterocycles. The standard InChI is InChI=1S/2C14H22FN2O2.2BrH/c2*1-17(2,11-15)8-9-19-14(18)13(16)10-12-6-4-3-5-7-12;;/h2*3-7,13H,8-11,16H2,1-2H3;2*1H/q2*+1;;/p-2/t2*13-;;/m00../s1. The van der Waals surface area contributed by atoms with Crippen molar-refractivity contribution in [3.63, 3.8) is 0 Å². The largest absolute Gasteiger partial charge is 1.00 e. The fourth-order valence-electron chi connectivity index (χ4n) is 3.02. The number of hydrogen-bond acceptors (Lipinski definition) is 6. The van der Waals surface area contributed by atoms with E-state index in [0.29, 0.717) is 25.9 Å². The van der Waals surface area contributed by atoms with E-state index in [1.165, 1.54) is 0 Å². The van der Waals surface area contributed by atoms with Crippen molar-refractivity contribution in [1.29, 1.82) is 0 Å². The number of benzene rings is 2. The topological polar surface area (TPSA) is 105 Å². The average Bonchev–Trinajstić information content (AvgIpc) is 2.90. The number of carbonyl (C=O) groups excluding carboxylic acids is 2. The van der Waals surface area contributed by atoms with Crippen molar-refractivity contribution in [1.82, 2.24) is 0 Å². The van der Waals surface area contributed by atoms with E-state index in [1.54, 1.807) is 28.2 Å². The number of rotatable bonds is 14. The van der Waals surface area contributed by atoms with E-state index in [9.17, 15) is 18.4 Å². The Morgan fingerprint density at radius 1 is 0.675 bits per heavy atom. The molecule has 228 valence electrons. The van der Waals surface area contributed by atoms with Gasteiger partial charge in [-0.1, -0.05) is 60.7 Å². The maximum atomic E-state index is 12.5. The molecule has 0 spiro atoms. The lowest BCUT2D eigenvalue weighted by Crippen LogP contribution is -3.00. The van der Waals surface area contributed by atoms with Gasteiger partial charge >= 0.3 is 11.9 Å². The van der Waals surface area contributed by atoms with Crippen LogP contribution in [0.1, 0.15) is 11.1 Å².